The van der Waals surface area contributed by atoms with Gasteiger partial charge in [0.2, 0.25) is 0 Å². The van der Waals surface area contributed by atoms with Crippen molar-refractivity contribution >= 4 is 17.9 Å². The van der Waals surface area contributed by atoms with E-state index in [-0.39, 0.29) is 31.1 Å². The van der Waals surface area contributed by atoms with Crippen LogP contribution in [0.5, 0.6) is 0 Å². The Bertz CT molecular complexity index is 1110. The highest BCUT2D eigenvalue weighted by Crippen LogP contribution is 2.16. The largest absolute Gasteiger partial charge is 0.462 e. The van der Waals surface area contributed by atoms with Crippen molar-refractivity contribution in [2.45, 2.75) is 284 Å². The zero-order valence-corrected chi connectivity index (χ0v) is 41.8. The van der Waals surface area contributed by atoms with Crippen LogP contribution in [0.4, 0.5) is 0 Å². The number of allylic oxidation sites excluding steroid dienone is 8. The standard InChI is InChI=1S/C57H102O6/c1-4-7-10-13-16-19-21-23-25-27-29-31-33-35-38-41-44-47-50-56(59)62-53-54(52-61-55(58)49-46-43-40-37-18-15-12-9-6-3)63-57(60)51-48-45-42-39-36-34-32-30-28-26-24-22-20-17-14-11-8-5-2/h9,12,18,25,27,29,31,37,54H,4-8,10-11,13-17,19-24,26,28,30,32-36,38-53H2,1-3H3/b12-9-,27-25-,31-29-,37-18-. The average Bonchev–Trinajstić information content (AvgIpc) is 3.28. The summed E-state index contributed by atoms with van der Waals surface area (Å²) in [5, 5.41) is 0. The fourth-order valence-electron chi connectivity index (χ4n) is 7.77. The van der Waals surface area contributed by atoms with Crippen LogP contribution in [0.15, 0.2) is 48.6 Å². The van der Waals surface area contributed by atoms with E-state index in [1.165, 1.54) is 148 Å². The molecule has 0 aliphatic heterocycles. The molecule has 0 amide bonds. The van der Waals surface area contributed by atoms with Crippen molar-refractivity contribution in [2.75, 3.05) is 13.2 Å². The first kappa shape index (κ1) is 60.4. The minimum absolute atomic E-state index is 0.0892. The van der Waals surface area contributed by atoms with Crippen LogP contribution in [0.2, 0.25) is 0 Å². The minimum Gasteiger partial charge on any atom is -0.462 e. The SMILES string of the molecule is CC/C=C\C/C=C\CCCCC(=O)OCC(COC(=O)CCCCCCC/C=C\C=C/CCCCCCCCC)OC(=O)CCCCCCCCCCCCCCCCCCCC. The zero-order valence-electron chi connectivity index (χ0n) is 41.8. The molecule has 6 nitrogen and oxygen atoms in total. The average molecular weight is 883 g/mol. The van der Waals surface area contributed by atoms with Crippen molar-refractivity contribution in [2.24, 2.45) is 0 Å². The smallest absolute Gasteiger partial charge is 0.306 e. The number of carbonyl (C=O) groups is 3. The number of unbranched alkanes of at least 4 members (excludes halogenated alkanes) is 31. The van der Waals surface area contributed by atoms with E-state index in [1.54, 1.807) is 0 Å². The number of esters is 3. The second kappa shape index (κ2) is 52.0. The van der Waals surface area contributed by atoms with Crippen LogP contribution in [0.25, 0.3) is 0 Å². The van der Waals surface area contributed by atoms with E-state index in [4.69, 9.17) is 14.2 Å². The van der Waals surface area contributed by atoms with Gasteiger partial charge in [-0.15, -0.1) is 0 Å². The van der Waals surface area contributed by atoms with Gasteiger partial charge in [0.1, 0.15) is 13.2 Å². The lowest BCUT2D eigenvalue weighted by Gasteiger charge is -2.18. The fourth-order valence-corrected chi connectivity index (χ4v) is 7.77. The Morgan fingerprint density at radius 2 is 0.667 bits per heavy atom. The summed E-state index contributed by atoms with van der Waals surface area (Å²) in [6.07, 6.45) is 62.6. The quantitative estimate of drug-likeness (QED) is 0.0199. The van der Waals surface area contributed by atoms with E-state index < -0.39 is 6.10 Å². The number of hydrogen-bond donors (Lipinski definition) is 0. The van der Waals surface area contributed by atoms with Gasteiger partial charge in [-0.3, -0.25) is 14.4 Å². The van der Waals surface area contributed by atoms with E-state index in [0.717, 1.165) is 89.9 Å². The lowest BCUT2D eigenvalue weighted by molar-refractivity contribution is -0.167. The van der Waals surface area contributed by atoms with Gasteiger partial charge >= 0.3 is 17.9 Å². The summed E-state index contributed by atoms with van der Waals surface area (Å²) < 4.78 is 16.8. The summed E-state index contributed by atoms with van der Waals surface area (Å²) in [5.74, 6) is -0.930. The Kier molecular flexibility index (Phi) is 49.8. The molecule has 0 bridgehead atoms. The Morgan fingerprint density at radius 3 is 1.08 bits per heavy atom. The molecule has 0 aromatic carbocycles. The molecule has 0 fully saturated rings. The van der Waals surface area contributed by atoms with E-state index in [1.807, 2.05) is 0 Å². The molecule has 0 aliphatic rings. The number of carbonyl (C=O) groups excluding carboxylic acids is 3. The van der Waals surface area contributed by atoms with Gasteiger partial charge in [0.15, 0.2) is 6.10 Å². The first-order chi connectivity index (χ1) is 31.0. The highest BCUT2D eigenvalue weighted by atomic mass is 16.6. The summed E-state index contributed by atoms with van der Waals surface area (Å²) in [6, 6.07) is 0. The van der Waals surface area contributed by atoms with Gasteiger partial charge in [-0.2, -0.15) is 0 Å². The number of ether oxygens (including phenoxy) is 3. The Hall–Kier alpha value is -2.63. The maximum atomic E-state index is 12.8. The first-order valence-electron chi connectivity index (χ1n) is 27.2. The Morgan fingerprint density at radius 1 is 0.349 bits per heavy atom. The van der Waals surface area contributed by atoms with Crippen LogP contribution in [-0.2, 0) is 28.6 Å². The first-order valence-corrected chi connectivity index (χ1v) is 27.2. The van der Waals surface area contributed by atoms with Gasteiger partial charge < -0.3 is 14.2 Å². The molecule has 0 aromatic rings. The molecule has 0 spiro atoms. The predicted molar refractivity (Wildman–Crippen MR) is 270 cm³/mol. The number of hydrogen-bond acceptors (Lipinski definition) is 6. The van der Waals surface area contributed by atoms with Crippen molar-refractivity contribution in [3.63, 3.8) is 0 Å². The lowest BCUT2D eigenvalue weighted by atomic mass is 10.0. The van der Waals surface area contributed by atoms with Gasteiger partial charge in [-0.05, 0) is 70.6 Å². The highest BCUT2D eigenvalue weighted by molar-refractivity contribution is 5.71. The van der Waals surface area contributed by atoms with E-state index in [9.17, 15) is 14.4 Å². The van der Waals surface area contributed by atoms with Gasteiger partial charge in [0, 0.05) is 19.3 Å². The van der Waals surface area contributed by atoms with Crippen molar-refractivity contribution < 1.29 is 28.6 Å². The summed E-state index contributed by atoms with van der Waals surface area (Å²) in [6.45, 7) is 6.49. The minimum atomic E-state index is -0.789. The van der Waals surface area contributed by atoms with Gasteiger partial charge in [0.25, 0.3) is 0 Å². The highest BCUT2D eigenvalue weighted by Gasteiger charge is 2.19. The molecule has 0 heterocycles. The summed E-state index contributed by atoms with van der Waals surface area (Å²) >= 11 is 0. The zero-order chi connectivity index (χ0) is 45.8. The summed E-state index contributed by atoms with van der Waals surface area (Å²) in [5.41, 5.74) is 0. The van der Waals surface area contributed by atoms with Crippen LogP contribution in [-0.4, -0.2) is 37.2 Å². The normalized spacial score (nSPS) is 12.4. The molecular formula is C57H102O6. The molecule has 1 unspecified atom stereocenters. The molecule has 0 radical (unpaired) electrons. The van der Waals surface area contributed by atoms with Gasteiger partial charge in [0.05, 0.1) is 0 Å². The fraction of sp³-hybridized carbons (Fsp3) is 0.807. The lowest BCUT2D eigenvalue weighted by Crippen LogP contribution is -2.30. The van der Waals surface area contributed by atoms with Crippen molar-refractivity contribution in [1.29, 1.82) is 0 Å². The van der Waals surface area contributed by atoms with E-state index in [2.05, 4.69) is 69.4 Å². The van der Waals surface area contributed by atoms with Crippen molar-refractivity contribution in [3.8, 4) is 0 Å². The molecule has 63 heavy (non-hydrogen) atoms. The monoisotopic (exact) mass is 883 g/mol. The molecule has 0 aromatic heterocycles. The Balaban J connectivity index is 4.31. The molecule has 366 valence electrons. The number of rotatable bonds is 49. The van der Waals surface area contributed by atoms with Crippen LogP contribution < -0.4 is 0 Å². The molecular weight excluding hydrogens is 781 g/mol. The third-order valence-corrected chi connectivity index (χ3v) is 11.8. The molecule has 0 saturated carbocycles. The van der Waals surface area contributed by atoms with E-state index >= 15 is 0 Å². The second-order valence-corrected chi connectivity index (χ2v) is 18.1. The third kappa shape index (κ3) is 50.2. The molecule has 0 N–H and O–H groups in total. The molecule has 1 atom stereocenters. The maximum Gasteiger partial charge on any atom is 0.306 e. The van der Waals surface area contributed by atoms with Crippen LogP contribution in [0, 0.1) is 0 Å². The van der Waals surface area contributed by atoms with Crippen molar-refractivity contribution in [1.82, 2.24) is 0 Å². The molecule has 0 saturated heterocycles. The van der Waals surface area contributed by atoms with Gasteiger partial charge in [-0.25, -0.2) is 0 Å². The maximum absolute atomic E-state index is 12.8. The third-order valence-electron chi connectivity index (χ3n) is 11.8. The van der Waals surface area contributed by atoms with E-state index in [0.29, 0.717) is 19.3 Å². The molecule has 0 aliphatic carbocycles. The summed E-state index contributed by atoms with van der Waals surface area (Å²) in [4.78, 5) is 37.9. The second-order valence-electron chi connectivity index (χ2n) is 18.1. The van der Waals surface area contributed by atoms with Crippen LogP contribution in [0.3, 0.4) is 0 Å². The predicted octanol–water partition coefficient (Wildman–Crippen LogP) is 17.9. The topological polar surface area (TPSA) is 78.9 Å². The van der Waals surface area contributed by atoms with Crippen LogP contribution >= 0.6 is 0 Å². The van der Waals surface area contributed by atoms with Crippen molar-refractivity contribution in [3.05, 3.63) is 48.6 Å². The van der Waals surface area contributed by atoms with Crippen LogP contribution in [0.1, 0.15) is 278 Å². The molecule has 0 rings (SSSR count). The Labute approximate surface area is 390 Å². The van der Waals surface area contributed by atoms with Gasteiger partial charge in [-0.1, -0.05) is 236 Å². The summed E-state index contributed by atoms with van der Waals surface area (Å²) in [7, 11) is 0. The molecule has 6 heteroatoms.